The Bertz CT molecular complexity index is 635. The molecule has 20 heavy (non-hydrogen) atoms. The Kier molecular flexibility index (Phi) is 3.46. The van der Waals surface area contributed by atoms with Crippen LogP contribution in [0.1, 0.15) is 18.4 Å². The summed E-state index contributed by atoms with van der Waals surface area (Å²) < 4.78 is 5.21. The molecule has 1 fully saturated rings. The zero-order chi connectivity index (χ0) is 13.9. The lowest BCUT2D eigenvalue weighted by Gasteiger charge is -2.08. The highest BCUT2D eigenvalue weighted by molar-refractivity contribution is 5.84. The fourth-order valence-electron chi connectivity index (χ4n) is 2.16. The van der Waals surface area contributed by atoms with Crippen molar-refractivity contribution in [2.24, 2.45) is 0 Å². The molecule has 0 spiro atoms. The van der Waals surface area contributed by atoms with Crippen molar-refractivity contribution in [3.8, 4) is 5.75 Å². The van der Waals surface area contributed by atoms with Gasteiger partial charge in [-0.15, -0.1) is 0 Å². The second kappa shape index (κ2) is 5.41. The molecule has 2 aromatic carbocycles. The van der Waals surface area contributed by atoms with Gasteiger partial charge in [0.15, 0.2) is 0 Å². The summed E-state index contributed by atoms with van der Waals surface area (Å²) in [5, 5.41) is 8.07. The molecule has 0 saturated heterocycles. The predicted octanol–water partition coefficient (Wildman–Crippen LogP) is 2.81. The predicted molar refractivity (Wildman–Crippen MR) is 78.9 cm³/mol. The van der Waals surface area contributed by atoms with Crippen molar-refractivity contribution in [1.82, 2.24) is 10.6 Å². The largest absolute Gasteiger partial charge is 0.497 e. The Hall–Kier alpha value is -2.23. The summed E-state index contributed by atoms with van der Waals surface area (Å²) >= 11 is 0. The molecule has 0 atom stereocenters. The van der Waals surface area contributed by atoms with Gasteiger partial charge in [-0.05, 0) is 47.4 Å². The van der Waals surface area contributed by atoms with E-state index in [1.54, 1.807) is 7.11 Å². The monoisotopic (exact) mass is 270 g/mol. The highest BCUT2D eigenvalue weighted by Gasteiger charge is 2.22. The lowest BCUT2D eigenvalue weighted by molar-refractivity contribution is 0.240. The van der Waals surface area contributed by atoms with Gasteiger partial charge in [0.1, 0.15) is 5.75 Å². The molecule has 2 N–H and O–H groups in total. The SMILES string of the molecule is COc1ccc2cc(CNC(=O)NC3CC3)ccc2c1. The summed E-state index contributed by atoms with van der Waals surface area (Å²) in [6.45, 7) is 0.542. The number of carbonyl (C=O) groups is 1. The second-order valence-electron chi connectivity index (χ2n) is 5.15. The van der Waals surface area contributed by atoms with Gasteiger partial charge in [0.05, 0.1) is 7.11 Å². The lowest BCUT2D eigenvalue weighted by atomic mass is 10.1. The zero-order valence-corrected chi connectivity index (χ0v) is 11.5. The number of carbonyl (C=O) groups excluding carboxylic acids is 1. The van der Waals surface area contributed by atoms with Crippen LogP contribution in [0.15, 0.2) is 36.4 Å². The van der Waals surface area contributed by atoms with Gasteiger partial charge < -0.3 is 15.4 Å². The standard InChI is InChI=1S/C16H18N2O2/c1-20-15-7-4-12-8-11(2-3-13(12)9-15)10-17-16(19)18-14-5-6-14/h2-4,7-9,14H,5-6,10H2,1H3,(H2,17,18,19). The van der Waals surface area contributed by atoms with Crippen molar-refractivity contribution in [1.29, 1.82) is 0 Å². The Morgan fingerprint density at radius 1 is 1.20 bits per heavy atom. The van der Waals surface area contributed by atoms with Gasteiger partial charge >= 0.3 is 6.03 Å². The van der Waals surface area contributed by atoms with Crippen LogP contribution in [0.25, 0.3) is 10.8 Å². The minimum absolute atomic E-state index is 0.0812. The minimum atomic E-state index is -0.0812. The van der Waals surface area contributed by atoms with Gasteiger partial charge in [-0.1, -0.05) is 18.2 Å². The third kappa shape index (κ3) is 3.02. The Morgan fingerprint density at radius 3 is 2.70 bits per heavy atom. The molecule has 1 aliphatic carbocycles. The molecular weight excluding hydrogens is 252 g/mol. The topological polar surface area (TPSA) is 50.4 Å². The number of hydrogen-bond acceptors (Lipinski definition) is 2. The average molecular weight is 270 g/mol. The number of amides is 2. The molecule has 0 bridgehead atoms. The van der Waals surface area contributed by atoms with Crippen molar-refractivity contribution in [3.05, 3.63) is 42.0 Å². The number of benzene rings is 2. The quantitative estimate of drug-likeness (QED) is 0.897. The molecule has 2 amide bonds. The van der Waals surface area contributed by atoms with Crippen LogP contribution in [-0.4, -0.2) is 19.2 Å². The van der Waals surface area contributed by atoms with E-state index in [1.807, 2.05) is 30.3 Å². The third-order valence-electron chi connectivity index (χ3n) is 3.48. The number of fused-ring (bicyclic) bond motifs is 1. The van der Waals surface area contributed by atoms with Gasteiger partial charge in [0.25, 0.3) is 0 Å². The number of urea groups is 1. The first-order chi connectivity index (χ1) is 9.74. The van der Waals surface area contributed by atoms with E-state index in [-0.39, 0.29) is 6.03 Å². The van der Waals surface area contributed by atoms with Gasteiger partial charge in [-0.3, -0.25) is 0 Å². The van der Waals surface area contributed by atoms with Gasteiger partial charge in [0, 0.05) is 12.6 Å². The summed E-state index contributed by atoms with van der Waals surface area (Å²) in [7, 11) is 1.66. The van der Waals surface area contributed by atoms with Crippen molar-refractivity contribution in [2.45, 2.75) is 25.4 Å². The van der Waals surface area contributed by atoms with Crippen LogP contribution < -0.4 is 15.4 Å². The summed E-state index contributed by atoms with van der Waals surface area (Å²) in [6, 6.07) is 12.5. The maximum atomic E-state index is 11.6. The molecule has 0 radical (unpaired) electrons. The fraction of sp³-hybridized carbons (Fsp3) is 0.312. The van der Waals surface area contributed by atoms with Crippen LogP contribution in [0, 0.1) is 0 Å². The van der Waals surface area contributed by atoms with E-state index in [4.69, 9.17) is 4.74 Å². The van der Waals surface area contributed by atoms with Gasteiger partial charge in [0.2, 0.25) is 0 Å². The van der Waals surface area contributed by atoms with E-state index >= 15 is 0 Å². The summed E-state index contributed by atoms with van der Waals surface area (Å²) in [5.41, 5.74) is 1.09. The van der Waals surface area contributed by atoms with Crippen LogP contribution in [0.4, 0.5) is 4.79 Å². The zero-order valence-electron chi connectivity index (χ0n) is 11.5. The first kappa shape index (κ1) is 12.8. The van der Waals surface area contributed by atoms with Crippen molar-refractivity contribution >= 4 is 16.8 Å². The minimum Gasteiger partial charge on any atom is -0.497 e. The first-order valence-electron chi connectivity index (χ1n) is 6.85. The van der Waals surface area contributed by atoms with Crippen molar-refractivity contribution in [3.63, 3.8) is 0 Å². The van der Waals surface area contributed by atoms with Crippen LogP contribution in [0.3, 0.4) is 0 Å². The molecule has 4 heteroatoms. The van der Waals surface area contributed by atoms with E-state index in [0.29, 0.717) is 12.6 Å². The number of ether oxygens (including phenoxy) is 1. The molecule has 4 nitrogen and oxygen atoms in total. The maximum absolute atomic E-state index is 11.6. The number of hydrogen-bond donors (Lipinski definition) is 2. The van der Waals surface area contributed by atoms with Crippen LogP contribution >= 0.6 is 0 Å². The average Bonchev–Trinajstić information content (AvgIpc) is 3.28. The fourth-order valence-corrected chi connectivity index (χ4v) is 2.16. The van der Waals surface area contributed by atoms with Gasteiger partial charge in [-0.2, -0.15) is 0 Å². The molecule has 104 valence electrons. The van der Waals surface area contributed by atoms with Crippen molar-refractivity contribution in [2.75, 3.05) is 7.11 Å². The maximum Gasteiger partial charge on any atom is 0.315 e. The molecule has 0 aliphatic heterocycles. The van der Waals surface area contributed by atoms with E-state index in [9.17, 15) is 4.79 Å². The lowest BCUT2D eigenvalue weighted by Crippen LogP contribution is -2.36. The summed E-state index contributed by atoms with van der Waals surface area (Å²) in [6.07, 6.45) is 2.20. The molecule has 2 aromatic rings. The van der Waals surface area contributed by atoms with Crippen LogP contribution in [-0.2, 0) is 6.54 Å². The van der Waals surface area contributed by atoms with Gasteiger partial charge in [-0.25, -0.2) is 4.79 Å². The molecule has 0 heterocycles. The second-order valence-corrected chi connectivity index (χ2v) is 5.15. The highest BCUT2D eigenvalue weighted by Crippen LogP contribution is 2.22. The number of methoxy groups -OCH3 is 1. The molecule has 0 aromatic heterocycles. The van der Waals surface area contributed by atoms with E-state index in [2.05, 4.69) is 16.7 Å². The first-order valence-corrected chi connectivity index (χ1v) is 6.85. The van der Waals surface area contributed by atoms with E-state index < -0.39 is 0 Å². The Labute approximate surface area is 118 Å². The number of rotatable bonds is 4. The Morgan fingerprint density at radius 2 is 1.95 bits per heavy atom. The van der Waals surface area contributed by atoms with Crippen LogP contribution in [0.5, 0.6) is 5.75 Å². The van der Waals surface area contributed by atoms with Crippen molar-refractivity contribution < 1.29 is 9.53 Å². The molecule has 1 aliphatic rings. The molecule has 1 saturated carbocycles. The summed E-state index contributed by atoms with van der Waals surface area (Å²) in [4.78, 5) is 11.6. The molecular formula is C16H18N2O2. The normalized spacial score (nSPS) is 14.1. The highest BCUT2D eigenvalue weighted by atomic mass is 16.5. The Balaban J connectivity index is 1.67. The molecule has 3 rings (SSSR count). The van der Waals surface area contributed by atoms with Crippen LogP contribution in [0.2, 0.25) is 0 Å². The van der Waals surface area contributed by atoms with E-state index in [1.165, 1.54) is 0 Å². The molecule has 0 unspecified atom stereocenters. The third-order valence-corrected chi connectivity index (χ3v) is 3.48. The van der Waals surface area contributed by atoms with E-state index in [0.717, 1.165) is 34.9 Å². The number of nitrogens with one attached hydrogen (secondary N) is 2. The smallest absolute Gasteiger partial charge is 0.315 e. The summed E-state index contributed by atoms with van der Waals surface area (Å²) in [5.74, 6) is 0.854.